The second kappa shape index (κ2) is 7.51. The Morgan fingerprint density at radius 2 is 2.04 bits per heavy atom. The molecule has 28 heavy (non-hydrogen) atoms. The van der Waals surface area contributed by atoms with Gasteiger partial charge in [0.25, 0.3) is 0 Å². The van der Waals surface area contributed by atoms with Crippen molar-refractivity contribution in [1.82, 2.24) is 25.2 Å². The minimum Gasteiger partial charge on any atom is -0.351 e. The van der Waals surface area contributed by atoms with Gasteiger partial charge in [0.2, 0.25) is 0 Å². The van der Waals surface area contributed by atoms with Crippen molar-refractivity contribution in [3.05, 3.63) is 60.3 Å². The molecule has 8 heteroatoms. The molecule has 4 aromatic rings. The minimum absolute atomic E-state index is 0.507. The van der Waals surface area contributed by atoms with Crippen molar-refractivity contribution < 1.29 is 4.79 Å². The number of nitrogens with zero attached hydrogens (tertiary/aromatic N) is 5. The summed E-state index contributed by atoms with van der Waals surface area (Å²) in [5, 5.41) is 16.6. The number of hydrogen-bond acceptors (Lipinski definition) is 4. The molecule has 2 aromatic carbocycles. The van der Waals surface area contributed by atoms with Crippen molar-refractivity contribution in [2.75, 3.05) is 11.4 Å². The molecule has 0 fully saturated rings. The van der Waals surface area contributed by atoms with Gasteiger partial charge in [0.05, 0.1) is 18.3 Å². The summed E-state index contributed by atoms with van der Waals surface area (Å²) >= 11 is 0. The fourth-order valence-corrected chi connectivity index (χ4v) is 3.19. The molecule has 0 saturated carbocycles. The fourth-order valence-electron chi connectivity index (χ4n) is 3.19. The molecule has 0 spiro atoms. The van der Waals surface area contributed by atoms with E-state index in [1.54, 1.807) is 4.68 Å². The number of carbonyl (C=O) groups is 1. The van der Waals surface area contributed by atoms with Crippen molar-refractivity contribution in [2.45, 2.75) is 19.9 Å². The molecule has 2 heterocycles. The van der Waals surface area contributed by atoms with Gasteiger partial charge in [0, 0.05) is 17.5 Å². The number of H-pyrrole nitrogens is 1. The average Bonchev–Trinajstić information content (AvgIpc) is 3.33. The van der Waals surface area contributed by atoms with Crippen LogP contribution < -0.4 is 10.6 Å². The van der Waals surface area contributed by atoms with Gasteiger partial charge in [-0.3, -0.25) is 10.00 Å². The lowest BCUT2D eigenvalue weighted by atomic mass is 10.1. The first kappa shape index (κ1) is 17.7. The number of nitrogens with one attached hydrogen (secondary N) is 1. The summed E-state index contributed by atoms with van der Waals surface area (Å²) in [6, 6.07) is 15.4. The fraction of sp³-hybridized carbons (Fsp3) is 0.200. The van der Waals surface area contributed by atoms with Gasteiger partial charge < -0.3 is 5.73 Å². The minimum atomic E-state index is -0.519. The van der Waals surface area contributed by atoms with Crippen LogP contribution >= 0.6 is 0 Å². The molecule has 0 aliphatic rings. The van der Waals surface area contributed by atoms with Gasteiger partial charge in [-0.05, 0) is 24.1 Å². The highest BCUT2D eigenvalue weighted by atomic mass is 16.2. The van der Waals surface area contributed by atoms with Gasteiger partial charge in [-0.25, -0.2) is 9.48 Å². The molecule has 3 N–H and O–H groups in total. The number of fused-ring (bicyclic) bond motifs is 1. The zero-order valence-electron chi connectivity index (χ0n) is 15.5. The third-order valence-electron chi connectivity index (χ3n) is 4.53. The van der Waals surface area contributed by atoms with E-state index in [2.05, 4.69) is 32.6 Å². The van der Waals surface area contributed by atoms with Crippen molar-refractivity contribution in [2.24, 2.45) is 5.73 Å². The van der Waals surface area contributed by atoms with Gasteiger partial charge in [-0.15, -0.1) is 5.10 Å². The van der Waals surface area contributed by atoms with Gasteiger partial charge in [0.15, 0.2) is 5.82 Å². The average molecular weight is 375 g/mol. The summed E-state index contributed by atoms with van der Waals surface area (Å²) in [5.41, 5.74) is 9.18. The smallest absolute Gasteiger partial charge is 0.320 e. The van der Waals surface area contributed by atoms with Gasteiger partial charge >= 0.3 is 6.03 Å². The Labute approximate surface area is 162 Å². The maximum absolute atomic E-state index is 11.8. The molecule has 0 saturated heterocycles. The molecule has 2 aromatic heterocycles. The predicted molar refractivity (Wildman–Crippen MR) is 108 cm³/mol. The first-order valence-electron chi connectivity index (χ1n) is 9.15. The highest BCUT2D eigenvalue weighted by Crippen LogP contribution is 2.28. The van der Waals surface area contributed by atoms with E-state index in [0.29, 0.717) is 18.9 Å². The topological polar surface area (TPSA) is 106 Å². The summed E-state index contributed by atoms with van der Waals surface area (Å²) in [6.45, 7) is 3.15. The summed E-state index contributed by atoms with van der Waals surface area (Å²) < 4.78 is 1.80. The number of rotatable bonds is 6. The lowest BCUT2D eigenvalue weighted by molar-refractivity contribution is 0.254. The van der Waals surface area contributed by atoms with E-state index in [0.717, 1.165) is 34.1 Å². The van der Waals surface area contributed by atoms with E-state index in [9.17, 15) is 4.79 Å². The Hall–Kier alpha value is -3.68. The molecule has 0 unspecified atom stereocenters. The van der Waals surface area contributed by atoms with E-state index in [1.165, 1.54) is 4.90 Å². The maximum Gasteiger partial charge on any atom is 0.320 e. The number of primary amides is 1. The van der Waals surface area contributed by atoms with Crippen LogP contribution in [0.25, 0.3) is 22.2 Å². The van der Waals surface area contributed by atoms with Crippen LogP contribution in [0, 0.1) is 0 Å². The SMILES string of the molecule is CCCN(C(N)=O)c1n[nH]c2ccc(-c3cn(Cc4ccccc4)nn3)cc12. The first-order valence-corrected chi connectivity index (χ1v) is 9.15. The second-order valence-corrected chi connectivity index (χ2v) is 6.58. The Morgan fingerprint density at radius 1 is 1.21 bits per heavy atom. The van der Waals surface area contributed by atoms with Crippen LogP contribution in [-0.4, -0.2) is 37.8 Å². The standard InChI is InChI=1S/C20H21N7O/c1-2-10-27(20(21)28)19-16-11-15(8-9-17(16)22-24-19)18-13-26(25-23-18)12-14-6-4-3-5-7-14/h3-9,11,13H,2,10,12H2,1H3,(H2,21,28)(H,22,24). The molecular formula is C20H21N7O. The number of benzene rings is 2. The van der Waals surface area contributed by atoms with Crippen LogP contribution in [0.5, 0.6) is 0 Å². The Bertz CT molecular complexity index is 1100. The number of urea groups is 1. The molecular weight excluding hydrogens is 354 g/mol. The third-order valence-corrected chi connectivity index (χ3v) is 4.53. The Morgan fingerprint density at radius 3 is 2.79 bits per heavy atom. The number of nitrogens with two attached hydrogens (primary N) is 1. The van der Waals surface area contributed by atoms with E-state index in [-0.39, 0.29) is 0 Å². The molecule has 0 aliphatic heterocycles. The number of aromatic nitrogens is 5. The molecule has 8 nitrogen and oxygen atoms in total. The van der Waals surface area contributed by atoms with Gasteiger partial charge in [-0.1, -0.05) is 48.5 Å². The van der Waals surface area contributed by atoms with Crippen molar-refractivity contribution >= 4 is 22.8 Å². The molecule has 2 amide bonds. The summed E-state index contributed by atoms with van der Waals surface area (Å²) in [5.74, 6) is 0.530. The number of hydrogen-bond donors (Lipinski definition) is 2. The van der Waals surface area contributed by atoms with Crippen LogP contribution in [0.4, 0.5) is 10.6 Å². The predicted octanol–water partition coefficient (Wildman–Crippen LogP) is 3.16. The van der Waals surface area contributed by atoms with Crippen LogP contribution in [0.3, 0.4) is 0 Å². The Balaban J connectivity index is 1.66. The lowest BCUT2D eigenvalue weighted by Gasteiger charge is -2.17. The zero-order valence-corrected chi connectivity index (χ0v) is 15.5. The number of amides is 2. The van der Waals surface area contributed by atoms with Crippen LogP contribution in [0.15, 0.2) is 54.7 Å². The van der Waals surface area contributed by atoms with Gasteiger partial charge in [-0.2, -0.15) is 5.10 Å². The second-order valence-electron chi connectivity index (χ2n) is 6.58. The summed E-state index contributed by atoms with van der Waals surface area (Å²) in [4.78, 5) is 13.3. The lowest BCUT2D eigenvalue weighted by Crippen LogP contribution is -2.36. The van der Waals surface area contributed by atoms with Crippen molar-refractivity contribution in [3.8, 4) is 11.3 Å². The van der Waals surface area contributed by atoms with Crippen molar-refractivity contribution in [3.63, 3.8) is 0 Å². The molecule has 0 bridgehead atoms. The van der Waals surface area contributed by atoms with E-state index in [4.69, 9.17) is 5.73 Å². The van der Waals surface area contributed by atoms with E-state index in [1.807, 2.05) is 49.5 Å². The molecule has 4 rings (SSSR count). The van der Waals surface area contributed by atoms with E-state index >= 15 is 0 Å². The molecule has 0 radical (unpaired) electrons. The highest BCUT2D eigenvalue weighted by molar-refractivity contribution is 6.01. The molecule has 0 aliphatic carbocycles. The monoisotopic (exact) mass is 375 g/mol. The normalized spacial score (nSPS) is 11.0. The number of carbonyl (C=O) groups excluding carboxylic acids is 1. The quantitative estimate of drug-likeness (QED) is 0.540. The Kier molecular flexibility index (Phi) is 4.76. The highest BCUT2D eigenvalue weighted by Gasteiger charge is 2.18. The first-order chi connectivity index (χ1) is 13.7. The number of anilines is 1. The largest absolute Gasteiger partial charge is 0.351 e. The zero-order chi connectivity index (χ0) is 19.5. The van der Waals surface area contributed by atoms with Gasteiger partial charge in [0.1, 0.15) is 5.69 Å². The molecule has 142 valence electrons. The number of aromatic amines is 1. The molecule has 0 atom stereocenters. The summed E-state index contributed by atoms with van der Waals surface area (Å²) in [7, 11) is 0. The van der Waals surface area contributed by atoms with Crippen molar-refractivity contribution in [1.29, 1.82) is 0 Å². The van der Waals surface area contributed by atoms with E-state index < -0.39 is 6.03 Å². The third kappa shape index (κ3) is 3.44. The maximum atomic E-state index is 11.8. The van der Waals surface area contributed by atoms with Crippen LogP contribution in [-0.2, 0) is 6.54 Å². The van der Waals surface area contributed by atoms with Crippen LogP contribution in [0.1, 0.15) is 18.9 Å². The summed E-state index contributed by atoms with van der Waals surface area (Å²) in [6.07, 6.45) is 2.69. The van der Waals surface area contributed by atoms with Crippen LogP contribution in [0.2, 0.25) is 0 Å².